The van der Waals surface area contributed by atoms with E-state index in [1.807, 2.05) is 24.3 Å². The van der Waals surface area contributed by atoms with Crippen molar-refractivity contribution in [2.24, 2.45) is 5.84 Å². The Hall–Kier alpha value is -3.77. The number of aryl methyl sites for hydroxylation is 1. The van der Waals surface area contributed by atoms with Gasteiger partial charge in [0.1, 0.15) is 17.0 Å². The first-order valence-electron chi connectivity index (χ1n) is 12.7. The molecule has 0 aromatic heterocycles. The van der Waals surface area contributed by atoms with E-state index < -0.39 is 5.54 Å². The monoisotopic (exact) mass is 480 g/mol. The summed E-state index contributed by atoms with van der Waals surface area (Å²) in [5.41, 5.74) is 7.25. The zero-order valence-electron chi connectivity index (χ0n) is 21.3. The lowest BCUT2D eigenvalue weighted by molar-refractivity contribution is 0.0658. The topological polar surface area (TPSA) is 62.0 Å². The van der Waals surface area contributed by atoms with Crippen molar-refractivity contribution in [2.45, 2.75) is 32.2 Å². The highest BCUT2D eigenvalue weighted by atomic mass is 16.5. The Bertz CT molecular complexity index is 1420. The fraction of sp³-hybridized carbons (Fsp3) is 0.300. The number of carbonyl (C=O) groups is 1. The van der Waals surface area contributed by atoms with E-state index >= 15 is 0 Å². The molecule has 1 unspecified atom stereocenters. The number of amides is 1. The molecule has 3 aromatic carbocycles. The second-order valence-electron chi connectivity index (χ2n) is 9.93. The molecule has 3 aliphatic rings. The maximum Gasteiger partial charge on any atom is 0.269 e. The standard InChI is InChI=1S/C30H32N4O2/c1-5-33(6-2)21-13-16-25-27(18-21)36-28-22-14-12-20(32(3)4)17-19(22)11-15-26(28)30(25)24-10-8-7-9-23(24)29(35)34(30)31/h7-10,12-14,16-18H,5-6,11,15,31H2,1-4H3. The predicted molar refractivity (Wildman–Crippen MR) is 144 cm³/mol. The summed E-state index contributed by atoms with van der Waals surface area (Å²) >= 11 is 0. The number of fused-ring (bicyclic) bond motifs is 7. The third-order valence-corrected chi connectivity index (χ3v) is 8.03. The van der Waals surface area contributed by atoms with Gasteiger partial charge in [0.15, 0.2) is 0 Å². The third kappa shape index (κ3) is 2.91. The first kappa shape index (κ1) is 22.7. The van der Waals surface area contributed by atoms with Crippen LogP contribution in [0, 0.1) is 0 Å². The summed E-state index contributed by atoms with van der Waals surface area (Å²) in [6, 6.07) is 20.7. The van der Waals surface area contributed by atoms with Crippen LogP contribution in [-0.2, 0) is 12.0 Å². The van der Waals surface area contributed by atoms with Crippen LogP contribution in [0.15, 0.2) is 66.2 Å². The van der Waals surface area contributed by atoms with Crippen LogP contribution in [0.1, 0.15) is 52.9 Å². The average Bonchev–Trinajstić information content (AvgIpc) is 3.12. The molecule has 6 heteroatoms. The SMILES string of the molecule is CCN(CC)c1ccc2c(c1)OC1=C(CCc3cc(N(C)C)ccc31)C21c2ccccc2C(=O)N1N. The molecule has 2 aliphatic heterocycles. The van der Waals surface area contributed by atoms with Gasteiger partial charge in [-0.1, -0.05) is 24.3 Å². The van der Waals surface area contributed by atoms with Crippen LogP contribution in [0.4, 0.5) is 11.4 Å². The molecule has 0 fully saturated rings. The minimum Gasteiger partial charge on any atom is -0.456 e. The highest BCUT2D eigenvalue weighted by Crippen LogP contribution is 2.58. The number of carbonyl (C=O) groups excluding carboxylic acids is 1. The Morgan fingerprint density at radius 1 is 0.917 bits per heavy atom. The van der Waals surface area contributed by atoms with Gasteiger partial charge in [-0.15, -0.1) is 0 Å². The predicted octanol–water partition coefficient (Wildman–Crippen LogP) is 4.92. The average molecular weight is 481 g/mol. The van der Waals surface area contributed by atoms with Crippen LogP contribution in [-0.4, -0.2) is 38.1 Å². The number of hydrogen-bond acceptors (Lipinski definition) is 5. The number of benzene rings is 3. The maximum absolute atomic E-state index is 13.5. The lowest BCUT2D eigenvalue weighted by Gasteiger charge is -2.45. The fourth-order valence-corrected chi connectivity index (χ4v) is 6.22. The largest absolute Gasteiger partial charge is 0.456 e. The second-order valence-corrected chi connectivity index (χ2v) is 9.93. The van der Waals surface area contributed by atoms with Crippen LogP contribution in [0.3, 0.4) is 0 Å². The summed E-state index contributed by atoms with van der Waals surface area (Å²) in [5.74, 6) is 8.19. The van der Waals surface area contributed by atoms with E-state index in [9.17, 15) is 4.79 Å². The molecule has 6 rings (SSSR count). The summed E-state index contributed by atoms with van der Waals surface area (Å²) in [6.07, 6.45) is 1.61. The summed E-state index contributed by atoms with van der Waals surface area (Å²) in [4.78, 5) is 17.9. The minimum atomic E-state index is -0.893. The molecule has 0 radical (unpaired) electrons. The zero-order chi connectivity index (χ0) is 25.2. The quantitative estimate of drug-likeness (QED) is 0.424. The zero-order valence-corrected chi connectivity index (χ0v) is 21.3. The number of rotatable bonds is 4. The molecule has 1 atom stereocenters. The Morgan fingerprint density at radius 3 is 2.42 bits per heavy atom. The van der Waals surface area contributed by atoms with E-state index in [4.69, 9.17) is 10.6 Å². The molecular formula is C30H32N4O2. The normalized spacial score (nSPS) is 19.5. The van der Waals surface area contributed by atoms with Crippen molar-refractivity contribution in [3.05, 3.63) is 94.1 Å². The Morgan fingerprint density at radius 2 is 1.67 bits per heavy atom. The highest BCUT2D eigenvalue weighted by Gasteiger charge is 2.57. The summed E-state index contributed by atoms with van der Waals surface area (Å²) < 4.78 is 6.77. The van der Waals surface area contributed by atoms with Gasteiger partial charge in [0.05, 0.1) is 0 Å². The second kappa shape index (κ2) is 8.14. The van der Waals surface area contributed by atoms with Gasteiger partial charge in [-0.25, -0.2) is 5.84 Å². The summed E-state index contributed by atoms with van der Waals surface area (Å²) in [6.45, 7) is 6.10. The number of nitrogens with two attached hydrogens (primary N) is 1. The van der Waals surface area contributed by atoms with E-state index in [2.05, 4.69) is 74.1 Å². The Balaban J connectivity index is 1.65. The molecule has 0 saturated carbocycles. The molecule has 2 N–H and O–H groups in total. The molecule has 3 aromatic rings. The number of nitrogens with zero attached hydrogens (tertiary/aromatic N) is 3. The number of hydrogen-bond donors (Lipinski definition) is 1. The minimum absolute atomic E-state index is 0.160. The van der Waals surface area contributed by atoms with Crippen molar-refractivity contribution in [1.29, 1.82) is 0 Å². The van der Waals surface area contributed by atoms with Gasteiger partial charge in [0.2, 0.25) is 0 Å². The van der Waals surface area contributed by atoms with Gasteiger partial charge in [-0.3, -0.25) is 9.80 Å². The number of anilines is 2. The van der Waals surface area contributed by atoms with Gasteiger partial charge in [-0.2, -0.15) is 0 Å². The van der Waals surface area contributed by atoms with Gasteiger partial charge < -0.3 is 14.5 Å². The van der Waals surface area contributed by atoms with Crippen molar-refractivity contribution in [3.63, 3.8) is 0 Å². The van der Waals surface area contributed by atoms with Gasteiger partial charge in [-0.05, 0) is 62.6 Å². The van der Waals surface area contributed by atoms with Gasteiger partial charge in [0, 0.05) is 72.5 Å². The Labute approximate surface area is 212 Å². The Kier molecular flexibility index (Phi) is 5.12. The van der Waals surface area contributed by atoms with E-state index in [0.717, 1.165) is 71.1 Å². The summed E-state index contributed by atoms with van der Waals surface area (Å²) in [7, 11) is 4.11. The van der Waals surface area contributed by atoms with Crippen molar-refractivity contribution < 1.29 is 9.53 Å². The van der Waals surface area contributed by atoms with E-state index in [1.54, 1.807) is 0 Å². The van der Waals surface area contributed by atoms with E-state index in [-0.39, 0.29) is 5.91 Å². The molecule has 2 heterocycles. The van der Waals surface area contributed by atoms with Gasteiger partial charge in [0.25, 0.3) is 5.91 Å². The van der Waals surface area contributed by atoms with Gasteiger partial charge >= 0.3 is 0 Å². The summed E-state index contributed by atoms with van der Waals surface area (Å²) in [5, 5.41) is 1.45. The lowest BCUT2D eigenvalue weighted by Crippen LogP contribution is -2.52. The smallest absolute Gasteiger partial charge is 0.269 e. The molecule has 0 saturated heterocycles. The molecular weight excluding hydrogens is 448 g/mol. The number of ether oxygens (including phenoxy) is 1. The van der Waals surface area contributed by atoms with Crippen LogP contribution in [0.25, 0.3) is 5.76 Å². The van der Waals surface area contributed by atoms with Crippen LogP contribution in [0.2, 0.25) is 0 Å². The molecule has 0 bridgehead atoms. The van der Waals surface area contributed by atoms with Crippen LogP contribution >= 0.6 is 0 Å². The van der Waals surface area contributed by atoms with Crippen molar-refractivity contribution >= 4 is 23.0 Å². The van der Waals surface area contributed by atoms with Crippen molar-refractivity contribution in [2.75, 3.05) is 37.0 Å². The van der Waals surface area contributed by atoms with Crippen LogP contribution < -0.4 is 20.4 Å². The molecule has 6 nitrogen and oxygen atoms in total. The first-order valence-corrected chi connectivity index (χ1v) is 12.7. The van der Waals surface area contributed by atoms with E-state index in [1.165, 1.54) is 10.6 Å². The van der Waals surface area contributed by atoms with E-state index in [0.29, 0.717) is 5.56 Å². The molecule has 1 amide bonds. The van der Waals surface area contributed by atoms with Crippen LogP contribution in [0.5, 0.6) is 5.75 Å². The lowest BCUT2D eigenvalue weighted by atomic mass is 9.70. The third-order valence-electron chi connectivity index (χ3n) is 8.03. The molecule has 36 heavy (non-hydrogen) atoms. The van der Waals surface area contributed by atoms with Crippen molar-refractivity contribution in [3.8, 4) is 5.75 Å². The van der Waals surface area contributed by atoms with Crippen molar-refractivity contribution in [1.82, 2.24) is 5.01 Å². The maximum atomic E-state index is 13.5. The highest BCUT2D eigenvalue weighted by molar-refractivity contribution is 6.02. The number of hydrazine groups is 1. The molecule has 184 valence electrons. The molecule has 1 spiro atoms. The molecule has 1 aliphatic carbocycles. The first-order chi connectivity index (χ1) is 17.4. The fourth-order valence-electron chi connectivity index (χ4n) is 6.22.